The van der Waals surface area contributed by atoms with Gasteiger partial charge in [0.2, 0.25) is 0 Å². The Morgan fingerprint density at radius 2 is 1.89 bits per heavy atom. The van der Waals surface area contributed by atoms with Crippen LogP contribution in [-0.4, -0.2) is 24.8 Å². The second kappa shape index (κ2) is 10.1. The Morgan fingerprint density at radius 1 is 1.21 bits per heavy atom. The lowest BCUT2D eigenvalue weighted by molar-refractivity contribution is 0.0977. The van der Waals surface area contributed by atoms with Gasteiger partial charge in [-0.15, -0.1) is 0 Å². The number of carbonyl (C=O) groups excluding carboxylic acids is 1. The van der Waals surface area contributed by atoms with Gasteiger partial charge in [0.1, 0.15) is 5.84 Å². The molecule has 0 fully saturated rings. The van der Waals surface area contributed by atoms with Crippen LogP contribution in [0.4, 0.5) is 11.4 Å². The lowest BCUT2D eigenvalue weighted by Gasteiger charge is -2.23. The highest BCUT2D eigenvalue weighted by atomic mass is 79.9. The number of nitrogens with one attached hydrogen (secondary N) is 2. The Labute approximate surface area is 175 Å². The number of nitrogen functional groups attached to an aromatic ring is 1. The van der Waals surface area contributed by atoms with E-state index in [4.69, 9.17) is 11.1 Å². The van der Waals surface area contributed by atoms with E-state index in [1.54, 1.807) is 30.3 Å². The first-order valence-electron chi connectivity index (χ1n) is 9.25. The molecule has 0 radical (unpaired) electrons. The molecule has 0 saturated carbocycles. The molecule has 0 saturated heterocycles. The zero-order valence-corrected chi connectivity index (χ0v) is 18.1. The molecular weight excluding hydrogens is 416 g/mol. The van der Waals surface area contributed by atoms with E-state index in [1.165, 1.54) is 5.57 Å². The van der Waals surface area contributed by atoms with E-state index < -0.39 is 0 Å². The lowest BCUT2D eigenvalue weighted by Crippen LogP contribution is -2.31. The molecule has 0 aliphatic rings. The van der Waals surface area contributed by atoms with Gasteiger partial charge in [0.15, 0.2) is 0 Å². The average molecular weight is 443 g/mol. The molecule has 0 unspecified atom stereocenters. The van der Waals surface area contributed by atoms with E-state index >= 15 is 0 Å². The number of allylic oxidation sites excluding steroid dienone is 1. The van der Waals surface area contributed by atoms with Crippen molar-refractivity contribution in [2.24, 2.45) is 0 Å². The van der Waals surface area contributed by atoms with Crippen LogP contribution in [-0.2, 0) is 0 Å². The average Bonchev–Trinajstić information content (AvgIpc) is 2.65. The first-order chi connectivity index (χ1) is 13.3. The quantitative estimate of drug-likeness (QED) is 0.245. The first-order valence-corrected chi connectivity index (χ1v) is 10.0. The number of benzene rings is 2. The van der Waals surface area contributed by atoms with Crippen LogP contribution in [0.15, 0.2) is 58.6 Å². The molecule has 6 heteroatoms. The number of carbonyl (C=O) groups is 1. The summed E-state index contributed by atoms with van der Waals surface area (Å²) >= 11 is 3.34. The zero-order valence-electron chi connectivity index (χ0n) is 16.6. The summed E-state index contributed by atoms with van der Waals surface area (Å²) in [7, 11) is 0. The highest BCUT2D eigenvalue weighted by Gasteiger charge is 2.13. The molecule has 0 aromatic heterocycles. The molecule has 2 aromatic carbocycles. The van der Waals surface area contributed by atoms with E-state index in [2.05, 4.69) is 53.0 Å². The Balaban J connectivity index is 2.10. The molecule has 2 rings (SSSR count). The summed E-state index contributed by atoms with van der Waals surface area (Å²) in [6.45, 7) is 8.12. The SMILES string of the molecule is CCCN(CC=C(C)C)c1ccc(C(=O)NC(=N)c2ccc(Br)cc2N)cc1. The summed E-state index contributed by atoms with van der Waals surface area (Å²) in [6.07, 6.45) is 3.24. The van der Waals surface area contributed by atoms with Crippen LogP contribution in [0.5, 0.6) is 0 Å². The Hall–Kier alpha value is -2.60. The van der Waals surface area contributed by atoms with Crippen molar-refractivity contribution < 1.29 is 4.79 Å². The van der Waals surface area contributed by atoms with Crippen LogP contribution in [0, 0.1) is 5.41 Å². The topological polar surface area (TPSA) is 82.2 Å². The molecule has 5 nitrogen and oxygen atoms in total. The Morgan fingerprint density at radius 3 is 2.46 bits per heavy atom. The van der Waals surface area contributed by atoms with Crippen LogP contribution < -0.4 is 16.0 Å². The van der Waals surface area contributed by atoms with Gasteiger partial charge in [0.25, 0.3) is 5.91 Å². The normalized spacial score (nSPS) is 10.3. The molecule has 0 atom stereocenters. The summed E-state index contributed by atoms with van der Waals surface area (Å²) < 4.78 is 0.827. The van der Waals surface area contributed by atoms with Crippen LogP contribution in [0.1, 0.15) is 43.1 Å². The molecule has 0 aliphatic carbocycles. The summed E-state index contributed by atoms with van der Waals surface area (Å²) in [5.74, 6) is -0.347. The molecule has 2 aromatic rings. The van der Waals surface area contributed by atoms with E-state index in [0.717, 1.165) is 29.7 Å². The number of anilines is 2. The fourth-order valence-corrected chi connectivity index (χ4v) is 3.11. The maximum Gasteiger partial charge on any atom is 0.256 e. The maximum atomic E-state index is 12.5. The number of nitrogens with two attached hydrogens (primary N) is 1. The van der Waals surface area contributed by atoms with Gasteiger partial charge in [-0.2, -0.15) is 0 Å². The first kappa shape index (κ1) is 21.7. The molecule has 1 amide bonds. The third kappa shape index (κ3) is 5.96. The molecule has 0 heterocycles. The van der Waals surface area contributed by atoms with Gasteiger partial charge in [-0.1, -0.05) is 34.5 Å². The minimum absolute atomic E-state index is 0.0183. The Kier molecular flexibility index (Phi) is 7.81. The van der Waals surface area contributed by atoms with Gasteiger partial charge < -0.3 is 16.0 Å². The number of amidine groups is 1. The largest absolute Gasteiger partial charge is 0.398 e. The van der Waals surface area contributed by atoms with Gasteiger partial charge in [0, 0.05) is 40.1 Å². The maximum absolute atomic E-state index is 12.5. The monoisotopic (exact) mass is 442 g/mol. The van der Waals surface area contributed by atoms with Crippen molar-refractivity contribution in [3.05, 3.63) is 69.7 Å². The summed E-state index contributed by atoms with van der Waals surface area (Å²) in [6, 6.07) is 12.7. The standard InChI is InChI=1S/C22H27BrN4O/c1-4-12-27(13-11-15(2)3)18-8-5-16(6-9-18)22(28)26-21(25)19-10-7-17(23)14-20(19)24/h5-11,14H,4,12-13,24H2,1-3H3,(H2,25,26,28). The predicted molar refractivity (Wildman–Crippen MR) is 121 cm³/mol. The summed E-state index contributed by atoms with van der Waals surface area (Å²) in [5, 5.41) is 10.8. The van der Waals surface area contributed by atoms with E-state index in [1.807, 2.05) is 12.1 Å². The van der Waals surface area contributed by atoms with Gasteiger partial charge >= 0.3 is 0 Å². The number of halogens is 1. The minimum atomic E-state index is -0.329. The second-order valence-corrected chi connectivity index (χ2v) is 7.75. The third-order valence-electron chi connectivity index (χ3n) is 4.23. The van der Waals surface area contributed by atoms with Crippen LogP contribution in [0.25, 0.3) is 0 Å². The van der Waals surface area contributed by atoms with Crippen LogP contribution >= 0.6 is 15.9 Å². The number of hydrogen-bond donors (Lipinski definition) is 3. The molecule has 148 valence electrons. The lowest BCUT2D eigenvalue weighted by atomic mass is 10.1. The molecule has 0 bridgehead atoms. The Bertz CT molecular complexity index is 871. The fourth-order valence-electron chi connectivity index (χ4n) is 2.73. The van der Waals surface area contributed by atoms with Gasteiger partial charge in [-0.25, -0.2) is 0 Å². The van der Waals surface area contributed by atoms with Crippen molar-refractivity contribution >= 4 is 39.0 Å². The molecule has 0 aliphatic heterocycles. The summed E-state index contributed by atoms with van der Waals surface area (Å²) in [4.78, 5) is 14.8. The molecule has 4 N–H and O–H groups in total. The van der Waals surface area contributed by atoms with E-state index in [-0.39, 0.29) is 11.7 Å². The van der Waals surface area contributed by atoms with Crippen molar-refractivity contribution in [3.63, 3.8) is 0 Å². The van der Waals surface area contributed by atoms with Gasteiger partial charge in [-0.3, -0.25) is 10.2 Å². The minimum Gasteiger partial charge on any atom is -0.398 e. The van der Waals surface area contributed by atoms with E-state index in [0.29, 0.717) is 16.8 Å². The number of hydrogen-bond acceptors (Lipinski definition) is 4. The van der Waals surface area contributed by atoms with Gasteiger partial charge in [0.05, 0.1) is 0 Å². The van der Waals surface area contributed by atoms with Gasteiger partial charge in [-0.05, 0) is 62.7 Å². The smallest absolute Gasteiger partial charge is 0.256 e. The molecule has 0 spiro atoms. The third-order valence-corrected chi connectivity index (χ3v) is 4.72. The van der Waals surface area contributed by atoms with Crippen molar-refractivity contribution in [1.82, 2.24) is 5.32 Å². The molecular formula is C22H27BrN4O. The number of rotatable bonds is 7. The predicted octanol–water partition coefficient (Wildman–Crippen LogP) is 4.97. The number of nitrogens with zero attached hydrogens (tertiary/aromatic N) is 1. The van der Waals surface area contributed by atoms with Crippen molar-refractivity contribution in [2.45, 2.75) is 27.2 Å². The van der Waals surface area contributed by atoms with Crippen LogP contribution in [0.3, 0.4) is 0 Å². The fraction of sp³-hybridized carbons (Fsp3) is 0.273. The van der Waals surface area contributed by atoms with E-state index in [9.17, 15) is 4.79 Å². The summed E-state index contributed by atoms with van der Waals surface area (Å²) in [5.41, 5.74) is 9.72. The highest BCUT2D eigenvalue weighted by Crippen LogP contribution is 2.19. The molecule has 28 heavy (non-hydrogen) atoms. The van der Waals surface area contributed by atoms with Crippen molar-refractivity contribution in [1.29, 1.82) is 5.41 Å². The second-order valence-electron chi connectivity index (χ2n) is 6.84. The van der Waals surface area contributed by atoms with Crippen LogP contribution in [0.2, 0.25) is 0 Å². The zero-order chi connectivity index (χ0) is 20.7. The van der Waals surface area contributed by atoms with Crippen molar-refractivity contribution in [3.8, 4) is 0 Å². The number of amides is 1. The van der Waals surface area contributed by atoms with Crippen molar-refractivity contribution in [2.75, 3.05) is 23.7 Å². The highest BCUT2D eigenvalue weighted by molar-refractivity contribution is 9.10.